The van der Waals surface area contributed by atoms with Crippen molar-refractivity contribution in [3.8, 4) is 34.4 Å². The molecule has 2 atom stereocenters. The summed E-state index contributed by atoms with van der Waals surface area (Å²) in [6, 6.07) is 15.8. The lowest BCUT2D eigenvalue weighted by atomic mass is 10.1. The van der Waals surface area contributed by atoms with Gasteiger partial charge in [0.15, 0.2) is 0 Å². The van der Waals surface area contributed by atoms with Crippen molar-refractivity contribution in [2.75, 3.05) is 13.1 Å². The van der Waals surface area contributed by atoms with E-state index in [1.807, 2.05) is 102 Å². The number of carbonyl (C=O) groups excluding carboxylic acids is 2. The predicted molar refractivity (Wildman–Crippen MR) is 184 cm³/mol. The standard InChI is InChI=1S/C38H44N6O4/c1-37(2,3)47-35(45)43-19-9-15-31(43)33-39-23-29(41-33)27-13-7-11-25(21-27)17-18-26-12-8-14-28(22-26)30-24-40-34(42-30)32-16-10-20-44(32)36(46)48-38(4,5)6/h7-8,11-14,21-24,31-32H,9-10,15-16,19-20H2,1-6H3,(H,39,41)(H,40,42)/t31-,32-/m0/s1. The first-order chi connectivity index (χ1) is 22.8. The van der Waals surface area contributed by atoms with Crippen LogP contribution in [0.4, 0.5) is 9.59 Å². The van der Waals surface area contributed by atoms with Crippen LogP contribution in [0.15, 0.2) is 60.9 Å². The van der Waals surface area contributed by atoms with Crippen LogP contribution in [-0.4, -0.2) is 66.2 Å². The highest BCUT2D eigenvalue weighted by Gasteiger charge is 2.36. The fourth-order valence-corrected chi connectivity index (χ4v) is 6.16. The number of amides is 2. The first kappa shape index (κ1) is 32.9. The zero-order chi connectivity index (χ0) is 34.1. The van der Waals surface area contributed by atoms with Gasteiger partial charge in [-0.05, 0) is 91.5 Å². The second-order valence-corrected chi connectivity index (χ2v) is 14.4. The molecule has 0 spiro atoms. The van der Waals surface area contributed by atoms with Gasteiger partial charge in [-0.15, -0.1) is 0 Å². The number of hydrogen-bond acceptors (Lipinski definition) is 6. The van der Waals surface area contributed by atoms with Gasteiger partial charge in [0.1, 0.15) is 22.9 Å². The second kappa shape index (κ2) is 13.2. The molecule has 48 heavy (non-hydrogen) atoms. The third kappa shape index (κ3) is 7.73. The average molecular weight is 649 g/mol. The molecular formula is C38H44N6O4. The minimum absolute atomic E-state index is 0.142. The normalized spacial score (nSPS) is 18.0. The van der Waals surface area contributed by atoms with Crippen molar-refractivity contribution in [1.29, 1.82) is 0 Å². The Morgan fingerprint density at radius 1 is 0.708 bits per heavy atom. The second-order valence-electron chi connectivity index (χ2n) is 14.4. The van der Waals surface area contributed by atoms with Crippen LogP contribution in [0.5, 0.6) is 0 Å². The Labute approximate surface area is 282 Å². The summed E-state index contributed by atoms with van der Waals surface area (Å²) < 4.78 is 11.3. The largest absolute Gasteiger partial charge is 0.444 e. The van der Waals surface area contributed by atoms with Crippen molar-refractivity contribution in [2.24, 2.45) is 0 Å². The van der Waals surface area contributed by atoms with Gasteiger partial charge in [-0.3, -0.25) is 9.80 Å². The number of aromatic amines is 2. The van der Waals surface area contributed by atoms with Crippen molar-refractivity contribution >= 4 is 12.2 Å². The van der Waals surface area contributed by atoms with Gasteiger partial charge in [0.05, 0.1) is 35.9 Å². The van der Waals surface area contributed by atoms with Gasteiger partial charge in [-0.25, -0.2) is 19.6 Å². The minimum atomic E-state index is -0.550. The molecule has 0 saturated carbocycles. The van der Waals surface area contributed by atoms with E-state index < -0.39 is 11.2 Å². The number of nitrogens with zero attached hydrogens (tertiary/aromatic N) is 4. The topological polar surface area (TPSA) is 116 Å². The smallest absolute Gasteiger partial charge is 0.410 e. The van der Waals surface area contributed by atoms with E-state index in [4.69, 9.17) is 9.47 Å². The highest BCUT2D eigenvalue weighted by atomic mass is 16.6. The molecule has 0 unspecified atom stereocenters. The molecular weight excluding hydrogens is 604 g/mol. The van der Waals surface area contributed by atoms with Crippen LogP contribution in [-0.2, 0) is 9.47 Å². The predicted octanol–water partition coefficient (Wildman–Crippen LogP) is 8.01. The summed E-state index contributed by atoms with van der Waals surface area (Å²) in [6.07, 6.45) is 6.49. The van der Waals surface area contributed by atoms with Gasteiger partial charge >= 0.3 is 12.2 Å². The summed E-state index contributed by atoms with van der Waals surface area (Å²) in [5.74, 6) is 8.13. The minimum Gasteiger partial charge on any atom is -0.444 e. The summed E-state index contributed by atoms with van der Waals surface area (Å²) in [7, 11) is 0. The number of aromatic nitrogens is 4. The Morgan fingerprint density at radius 2 is 1.12 bits per heavy atom. The Hall–Kier alpha value is -5.04. The third-order valence-corrected chi connectivity index (χ3v) is 8.28. The number of rotatable bonds is 4. The van der Waals surface area contributed by atoms with Crippen LogP contribution in [0.2, 0.25) is 0 Å². The quantitative estimate of drug-likeness (QED) is 0.217. The van der Waals surface area contributed by atoms with E-state index in [-0.39, 0.29) is 24.3 Å². The van der Waals surface area contributed by atoms with Crippen molar-refractivity contribution in [2.45, 2.75) is 90.5 Å². The Morgan fingerprint density at radius 3 is 1.52 bits per heavy atom. The molecule has 2 saturated heterocycles. The number of H-pyrrole nitrogens is 2. The maximum absolute atomic E-state index is 12.8. The molecule has 2 amide bonds. The molecule has 0 radical (unpaired) electrons. The number of benzene rings is 2. The molecule has 0 aliphatic carbocycles. The lowest BCUT2D eigenvalue weighted by Gasteiger charge is -2.27. The Bertz CT molecular complexity index is 1720. The van der Waals surface area contributed by atoms with Gasteiger partial charge in [0.25, 0.3) is 0 Å². The molecule has 2 aromatic heterocycles. The van der Waals surface area contributed by atoms with E-state index in [0.717, 1.165) is 71.0 Å². The van der Waals surface area contributed by atoms with Crippen molar-refractivity contribution in [3.63, 3.8) is 0 Å². The molecule has 2 fully saturated rings. The van der Waals surface area contributed by atoms with Crippen molar-refractivity contribution < 1.29 is 19.1 Å². The van der Waals surface area contributed by atoms with Crippen molar-refractivity contribution in [1.82, 2.24) is 29.7 Å². The fraction of sp³-hybridized carbons (Fsp3) is 0.421. The summed E-state index contributed by atoms with van der Waals surface area (Å²) in [5.41, 5.74) is 4.32. The molecule has 250 valence electrons. The van der Waals surface area contributed by atoms with E-state index in [9.17, 15) is 9.59 Å². The fourth-order valence-electron chi connectivity index (χ4n) is 6.16. The van der Waals surface area contributed by atoms with Crippen LogP contribution < -0.4 is 0 Å². The van der Waals surface area contributed by atoms with Gasteiger partial charge in [-0.1, -0.05) is 36.1 Å². The van der Waals surface area contributed by atoms with Crippen LogP contribution >= 0.6 is 0 Å². The first-order valence-corrected chi connectivity index (χ1v) is 16.6. The van der Waals surface area contributed by atoms with Gasteiger partial charge < -0.3 is 19.4 Å². The number of hydrogen-bond donors (Lipinski definition) is 2. The summed E-state index contributed by atoms with van der Waals surface area (Å²) >= 11 is 0. The number of carbonyl (C=O) groups is 2. The van der Waals surface area contributed by atoms with Gasteiger partial charge in [-0.2, -0.15) is 0 Å². The monoisotopic (exact) mass is 648 g/mol. The zero-order valence-electron chi connectivity index (χ0n) is 28.6. The maximum atomic E-state index is 12.8. The van der Waals surface area contributed by atoms with Crippen LogP contribution in [0.1, 0.15) is 102 Å². The molecule has 2 aliphatic heterocycles. The van der Waals surface area contributed by atoms with Gasteiger partial charge in [0, 0.05) is 35.3 Å². The third-order valence-electron chi connectivity index (χ3n) is 8.28. The molecule has 2 N–H and O–H groups in total. The van der Waals surface area contributed by atoms with E-state index in [2.05, 4.69) is 31.8 Å². The van der Waals surface area contributed by atoms with E-state index in [1.54, 1.807) is 9.80 Å². The molecule has 10 nitrogen and oxygen atoms in total. The number of imidazole rings is 2. The lowest BCUT2D eigenvalue weighted by Crippen LogP contribution is -2.36. The highest BCUT2D eigenvalue weighted by Crippen LogP contribution is 2.34. The molecule has 4 heterocycles. The molecule has 2 aliphatic rings. The molecule has 0 bridgehead atoms. The number of ether oxygens (including phenoxy) is 2. The Balaban J connectivity index is 1.15. The summed E-state index contributed by atoms with van der Waals surface area (Å²) in [6.45, 7) is 12.6. The lowest BCUT2D eigenvalue weighted by molar-refractivity contribution is 0.0208. The van der Waals surface area contributed by atoms with E-state index in [1.165, 1.54) is 0 Å². The SMILES string of the molecule is CC(C)(C)OC(=O)N1CCC[C@H]1c1ncc(-c2cccc(C#Cc3cccc(-c4cnc([C@@H]5CCCN5C(=O)OC(C)(C)C)[nH]4)c3)c2)[nH]1. The molecule has 6 rings (SSSR count). The zero-order valence-corrected chi connectivity index (χ0v) is 28.6. The molecule has 10 heteroatoms. The van der Waals surface area contributed by atoms with Gasteiger partial charge in [0.2, 0.25) is 0 Å². The summed E-state index contributed by atoms with van der Waals surface area (Å²) in [5, 5.41) is 0. The molecule has 2 aromatic carbocycles. The Kier molecular flexibility index (Phi) is 9.06. The van der Waals surface area contributed by atoms with E-state index >= 15 is 0 Å². The number of likely N-dealkylation sites (tertiary alicyclic amines) is 2. The van der Waals surface area contributed by atoms with Crippen LogP contribution in [0.25, 0.3) is 22.5 Å². The maximum Gasteiger partial charge on any atom is 0.410 e. The molecule has 4 aromatic rings. The van der Waals surface area contributed by atoms with Crippen LogP contribution in [0.3, 0.4) is 0 Å². The first-order valence-electron chi connectivity index (χ1n) is 16.6. The van der Waals surface area contributed by atoms with Crippen LogP contribution in [0, 0.1) is 11.8 Å². The van der Waals surface area contributed by atoms with E-state index in [0.29, 0.717) is 13.1 Å². The average Bonchev–Trinajstić information content (AvgIpc) is 3.84. The number of nitrogens with one attached hydrogen (secondary N) is 2. The summed E-state index contributed by atoms with van der Waals surface area (Å²) in [4.78, 5) is 45.3. The van der Waals surface area contributed by atoms with Crippen molar-refractivity contribution in [3.05, 3.63) is 83.7 Å². The highest BCUT2D eigenvalue weighted by molar-refractivity contribution is 5.70.